The van der Waals surface area contributed by atoms with Gasteiger partial charge >= 0.3 is 12.1 Å². The maximum Gasteiger partial charge on any atom is 0.416 e. The zero-order valence-electron chi connectivity index (χ0n) is 17.9. The predicted octanol–water partition coefficient (Wildman–Crippen LogP) is 5.99. The summed E-state index contributed by atoms with van der Waals surface area (Å²) in [5.41, 5.74) is -1.95. The van der Waals surface area contributed by atoms with Gasteiger partial charge in [0.2, 0.25) is 0 Å². The number of rotatable bonds is 6. The van der Waals surface area contributed by atoms with Crippen LogP contribution in [0, 0.1) is 23.6 Å². The number of alkyl halides is 3. The van der Waals surface area contributed by atoms with E-state index in [0.717, 1.165) is 12.1 Å². The van der Waals surface area contributed by atoms with Gasteiger partial charge in [0.05, 0.1) is 12.2 Å². The Morgan fingerprint density at radius 1 is 1.27 bits per heavy atom. The Kier molecular flexibility index (Phi) is 6.80. The highest BCUT2D eigenvalue weighted by Crippen LogP contribution is 2.54. The van der Waals surface area contributed by atoms with Crippen molar-refractivity contribution in [3.63, 3.8) is 0 Å². The number of hydrogen-bond acceptors (Lipinski definition) is 2. The predicted molar refractivity (Wildman–Crippen MR) is 109 cm³/mol. The van der Waals surface area contributed by atoms with E-state index in [9.17, 15) is 27.5 Å². The van der Waals surface area contributed by atoms with Crippen LogP contribution >= 0.6 is 0 Å². The molecule has 0 aromatic heterocycles. The summed E-state index contributed by atoms with van der Waals surface area (Å²) in [4.78, 5) is 11.7. The lowest BCUT2D eigenvalue weighted by molar-refractivity contribution is -0.140. The van der Waals surface area contributed by atoms with E-state index in [1.807, 2.05) is 0 Å². The molecule has 166 valence electrons. The molecule has 0 radical (unpaired) electrons. The van der Waals surface area contributed by atoms with Gasteiger partial charge in [0.1, 0.15) is 11.7 Å². The van der Waals surface area contributed by atoms with Gasteiger partial charge < -0.3 is 9.53 Å². The van der Waals surface area contributed by atoms with E-state index in [4.69, 9.17) is 4.43 Å². The molecule has 1 aliphatic rings. The molecule has 1 N–H and O–H groups in total. The van der Waals surface area contributed by atoms with Crippen LogP contribution in [0.2, 0.25) is 18.1 Å². The van der Waals surface area contributed by atoms with Gasteiger partial charge in [0.15, 0.2) is 8.32 Å². The summed E-state index contributed by atoms with van der Waals surface area (Å²) in [5.74, 6) is 2.40. The van der Waals surface area contributed by atoms with Crippen LogP contribution < -0.4 is 0 Å². The summed E-state index contributed by atoms with van der Waals surface area (Å²) in [6.45, 7) is 10.4. The highest BCUT2D eigenvalue weighted by molar-refractivity contribution is 6.74. The Bertz CT molecular complexity index is 856. The molecule has 1 aliphatic carbocycles. The third-order valence-electron chi connectivity index (χ3n) is 6.20. The number of hydrogen-bond donors (Lipinski definition) is 1. The van der Waals surface area contributed by atoms with Crippen molar-refractivity contribution in [2.75, 3.05) is 6.61 Å². The summed E-state index contributed by atoms with van der Waals surface area (Å²) < 4.78 is 59.3. The molecule has 0 bridgehead atoms. The van der Waals surface area contributed by atoms with Crippen molar-refractivity contribution in [1.29, 1.82) is 0 Å². The summed E-state index contributed by atoms with van der Waals surface area (Å²) in [6, 6.07) is 2.30. The molecule has 0 spiro atoms. The molecule has 1 atom stereocenters. The molecule has 0 amide bonds. The Hall–Kier alpha value is -1.85. The number of carboxylic acids is 1. The quantitative estimate of drug-likeness (QED) is 0.333. The topological polar surface area (TPSA) is 46.5 Å². The lowest BCUT2D eigenvalue weighted by atomic mass is 9.85. The van der Waals surface area contributed by atoms with Gasteiger partial charge in [-0.3, -0.25) is 4.79 Å². The van der Waals surface area contributed by atoms with Crippen LogP contribution in [-0.4, -0.2) is 26.0 Å². The summed E-state index contributed by atoms with van der Waals surface area (Å²) in [7, 11) is -2.03. The van der Waals surface area contributed by atoms with Crippen molar-refractivity contribution in [3.05, 3.63) is 35.1 Å². The normalized spacial score (nSPS) is 17.1. The van der Waals surface area contributed by atoms with E-state index in [1.54, 1.807) is 0 Å². The average Bonchev–Trinajstić information content (AvgIpc) is 3.36. The first-order chi connectivity index (χ1) is 13.6. The van der Waals surface area contributed by atoms with Crippen molar-refractivity contribution in [1.82, 2.24) is 0 Å². The minimum absolute atomic E-state index is 0.0139. The molecule has 1 unspecified atom stereocenters. The maximum atomic E-state index is 14.3. The Morgan fingerprint density at radius 2 is 1.87 bits per heavy atom. The summed E-state index contributed by atoms with van der Waals surface area (Å²) in [5, 5.41) is 9.53. The molecule has 1 saturated carbocycles. The minimum atomic E-state index is -4.59. The fourth-order valence-corrected chi connectivity index (χ4v) is 3.90. The number of carboxylic acid groups (broad SMARTS) is 1. The van der Waals surface area contributed by atoms with Crippen molar-refractivity contribution in [3.8, 4) is 11.8 Å². The monoisotopic (exact) mass is 444 g/mol. The molecule has 0 saturated heterocycles. The number of halogens is 4. The van der Waals surface area contributed by atoms with Crippen LogP contribution in [0.15, 0.2) is 18.2 Å². The fourth-order valence-electron chi connectivity index (χ4n) is 3.03. The molecule has 8 heteroatoms. The first-order valence-corrected chi connectivity index (χ1v) is 12.7. The van der Waals surface area contributed by atoms with E-state index >= 15 is 0 Å². The zero-order valence-corrected chi connectivity index (χ0v) is 18.9. The van der Waals surface area contributed by atoms with Crippen LogP contribution in [0.1, 0.15) is 51.2 Å². The number of benzene rings is 1. The minimum Gasteiger partial charge on any atom is -0.480 e. The van der Waals surface area contributed by atoms with Gasteiger partial charge in [-0.25, -0.2) is 4.39 Å². The summed E-state index contributed by atoms with van der Waals surface area (Å²) in [6.07, 6.45) is -3.77. The second-order valence-corrected chi connectivity index (χ2v) is 14.2. The van der Waals surface area contributed by atoms with E-state index in [0.29, 0.717) is 18.9 Å². The van der Waals surface area contributed by atoms with Crippen LogP contribution in [0.4, 0.5) is 17.6 Å². The van der Waals surface area contributed by atoms with Gasteiger partial charge in [-0.1, -0.05) is 32.6 Å². The largest absolute Gasteiger partial charge is 0.480 e. The van der Waals surface area contributed by atoms with Crippen LogP contribution in [-0.2, 0) is 20.8 Å². The lowest BCUT2D eigenvalue weighted by Gasteiger charge is -2.35. The van der Waals surface area contributed by atoms with E-state index in [1.165, 1.54) is 0 Å². The van der Waals surface area contributed by atoms with Gasteiger partial charge in [-0.05, 0) is 61.2 Å². The molecule has 2 rings (SSSR count). The molecule has 0 heterocycles. The molecule has 1 aromatic carbocycles. The average molecular weight is 445 g/mol. The Morgan fingerprint density at radius 3 is 2.33 bits per heavy atom. The van der Waals surface area contributed by atoms with Crippen molar-refractivity contribution < 1.29 is 31.9 Å². The third-order valence-corrected chi connectivity index (χ3v) is 10.7. The fraction of sp³-hybridized carbons (Fsp3) is 0.591. The zero-order chi connectivity index (χ0) is 23.0. The molecule has 30 heavy (non-hydrogen) atoms. The molecular formula is C22H28F4O3Si. The molecular weight excluding hydrogens is 416 g/mol. The van der Waals surface area contributed by atoms with Gasteiger partial charge in [-0.15, -0.1) is 0 Å². The molecule has 1 aromatic rings. The van der Waals surface area contributed by atoms with E-state index in [2.05, 4.69) is 45.7 Å². The van der Waals surface area contributed by atoms with Gasteiger partial charge in [0.25, 0.3) is 0 Å². The van der Waals surface area contributed by atoms with Gasteiger partial charge in [0, 0.05) is 5.41 Å². The van der Waals surface area contributed by atoms with E-state index in [-0.39, 0.29) is 23.6 Å². The van der Waals surface area contributed by atoms with Gasteiger partial charge in [-0.2, -0.15) is 13.2 Å². The highest BCUT2D eigenvalue weighted by Gasteiger charge is 2.49. The SMILES string of the molecule is CC(C)(C)[Si](C)(C)OCC#CC(CC1(c2cc(C(F)(F)F)ccc2F)CC1)C(=O)O. The van der Waals surface area contributed by atoms with Crippen molar-refractivity contribution in [2.45, 2.75) is 69.8 Å². The standard InChI is InChI=1S/C22H28F4O3Si/c1-20(2,3)30(4,5)29-12-6-7-15(19(27)28)14-21(10-11-21)17-13-16(22(24,25)26)8-9-18(17)23/h8-9,13,15H,10-12,14H2,1-5H3,(H,27,28). The number of carbonyl (C=O) groups is 1. The maximum absolute atomic E-state index is 14.3. The van der Waals surface area contributed by atoms with Crippen molar-refractivity contribution in [2.24, 2.45) is 5.92 Å². The molecule has 3 nitrogen and oxygen atoms in total. The first kappa shape index (κ1) is 24.4. The van der Waals surface area contributed by atoms with Crippen LogP contribution in [0.3, 0.4) is 0 Å². The van der Waals surface area contributed by atoms with Crippen LogP contribution in [0.5, 0.6) is 0 Å². The summed E-state index contributed by atoms with van der Waals surface area (Å²) >= 11 is 0. The number of aliphatic carboxylic acids is 1. The second kappa shape index (κ2) is 8.35. The molecule has 0 aliphatic heterocycles. The second-order valence-electron chi connectivity index (χ2n) is 9.44. The third kappa shape index (κ3) is 5.64. The molecule has 1 fully saturated rings. The van der Waals surface area contributed by atoms with Crippen molar-refractivity contribution >= 4 is 14.3 Å². The first-order valence-electron chi connectivity index (χ1n) is 9.81. The lowest BCUT2D eigenvalue weighted by Crippen LogP contribution is -2.40. The van der Waals surface area contributed by atoms with Crippen LogP contribution in [0.25, 0.3) is 0 Å². The highest BCUT2D eigenvalue weighted by atomic mass is 28.4. The van der Waals surface area contributed by atoms with E-state index < -0.39 is 43.2 Å². The Balaban J connectivity index is 2.18. The Labute approximate surface area is 175 Å². The smallest absolute Gasteiger partial charge is 0.416 e.